The van der Waals surface area contributed by atoms with Crippen molar-refractivity contribution in [1.82, 2.24) is 20.6 Å². The largest absolute Gasteiger partial charge is 0.481 e. The van der Waals surface area contributed by atoms with Crippen molar-refractivity contribution in [1.29, 1.82) is 0 Å². The van der Waals surface area contributed by atoms with E-state index in [-0.39, 0.29) is 41.1 Å². The summed E-state index contributed by atoms with van der Waals surface area (Å²) in [6, 6.07) is 21.9. The molecule has 2 atom stereocenters. The minimum Gasteiger partial charge on any atom is -0.481 e. The highest BCUT2D eigenvalue weighted by atomic mass is 32.2. The Labute approximate surface area is 301 Å². The van der Waals surface area contributed by atoms with Gasteiger partial charge in [0.2, 0.25) is 0 Å². The van der Waals surface area contributed by atoms with Crippen LogP contribution in [0.1, 0.15) is 39.4 Å². The molecule has 6 rings (SSSR count). The third-order valence-corrected chi connectivity index (χ3v) is 9.15. The molecule has 0 saturated carbocycles. The zero-order valence-corrected chi connectivity index (χ0v) is 28.4. The first-order valence-corrected chi connectivity index (χ1v) is 17.4. The number of carboxylic acid groups (broad SMARTS) is 2. The average molecular weight is 741 g/mol. The van der Waals surface area contributed by atoms with Crippen molar-refractivity contribution in [3.8, 4) is 0 Å². The molecule has 17 nitrogen and oxygen atoms in total. The van der Waals surface area contributed by atoms with E-state index >= 15 is 0 Å². The van der Waals surface area contributed by atoms with Crippen LogP contribution < -0.4 is 31.9 Å². The van der Waals surface area contributed by atoms with Crippen LogP contribution in [0.3, 0.4) is 0 Å². The number of hydrogen-bond acceptors (Lipinski definition) is 12. The molecule has 272 valence electrons. The molecule has 0 bridgehead atoms. The maximum Gasteiger partial charge on any atom is 0.326 e. The molecule has 0 saturated heterocycles. The Bertz CT molecular complexity index is 2340. The maximum absolute atomic E-state index is 13.1. The van der Waals surface area contributed by atoms with Gasteiger partial charge in [-0.05, 0) is 60.3 Å². The van der Waals surface area contributed by atoms with Crippen molar-refractivity contribution >= 4 is 73.2 Å². The molecule has 2 unspecified atom stereocenters. The fourth-order valence-corrected chi connectivity index (χ4v) is 6.68. The second kappa shape index (κ2) is 14.9. The van der Waals surface area contributed by atoms with Gasteiger partial charge in [-0.15, -0.1) is 0 Å². The zero-order chi connectivity index (χ0) is 37.9. The average Bonchev–Trinajstić information content (AvgIpc) is 3.12. The van der Waals surface area contributed by atoms with Gasteiger partial charge in [0.05, 0.1) is 24.1 Å². The Balaban J connectivity index is 1.26. The summed E-state index contributed by atoms with van der Waals surface area (Å²) in [5, 5.41) is 30.0. The predicted octanol–water partition coefficient (Wildman–Crippen LogP) is 3.40. The zero-order valence-electron chi connectivity index (χ0n) is 27.6. The van der Waals surface area contributed by atoms with Crippen LogP contribution in [-0.4, -0.2) is 69.2 Å². The Morgan fingerprint density at radius 3 is 2.36 bits per heavy atom. The summed E-state index contributed by atoms with van der Waals surface area (Å²) >= 11 is 0. The SMILES string of the molecule is NC1NC(=O)c2nc(CNc3ccc(C(=O)NC(CCC(=O)O)C(=O)O)cc3)cnc2N1c1ccc2cccc(Nc3ccccc3)c2c1S(=O)(=O)O. The Morgan fingerprint density at radius 1 is 0.943 bits per heavy atom. The van der Waals surface area contributed by atoms with Crippen LogP contribution in [-0.2, 0) is 26.3 Å². The molecule has 2 heterocycles. The first kappa shape index (κ1) is 36.2. The summed E-state index contributed by atoms with van der Waals surface area (Å²) in [5.74, 6) is -3.97. The Morgan fingerprint density at radius 2 is 1.68 bits per heavy atom. The van der Waals surface area contributed by atoms with Gasteiger partial charge in [0.1, 0.15) is 10.9 Å². The molecular weight excluding hydrogens is 708 g/mol. The Kier molecular flexibility index (Phi) is 10.2. The first-order valence-electron chi connectivity index (χ1n) is 16.0. The number of para-hydroxylation sites is 1. The van der Waals surface area contributed by atoms with E-state index in [4.69, 9.17) is 10.8 Å². The number of carbonyl (C=O) groups is 4. The predicted molar refractivity (Wildman–Crippen MR) is 193 cm³/mol. The van der Waals surface area contributed by atoms with E-state index in [9.17, 15) is 37.3 Å². The van der Waals surface area contributed by atoms with Gasteiger partial charge in [-0.25, -0.2) is 14.8 Å². The van der Waals surface area contributed by atoms with E-state index < -0.39 is 57.5 Å². The quantitative estimate of drug-likeness (QED) is 0.0804. The van der Waals surface area contributed by atoms with Crippen LogP contribution in [0.2, 0.25) is 0 Å². The van der Waals surface area contributed by atoms with E-state index in [1.165, 1.54) is 29.3 Å². The van der Waals surface area contributed by atoms with Gasteiger partial charge in [0, 0.05) is 34.4 Å². The molecule has 0 radical (unpaired) electrons. The summed E-state index contributed by atoms with van der Waals surface area (Å²) < 4.78 is 36.9. The Hall–Kier alpha value is -6.63. The third kappa shape index (κ3) is 7.99. The molecule has 9 N–H and O–H groups in total. The molecular formula is C35H32N8O9S. The van der Waals surface area contributed by atoms with E-state index in [1.807, 2.05) is 18.2 Å². The number of nitrogens with one attached hydrogen (secondary N) is 4. The number of amides is 2. The third-order valence-electron chi connectivity index (χ3n) is 8.22. The van der Waals surface area contributed by atoms with Crippen molar-refractivity contribution in [3.05, 3.63) is 108 Å². The molecule has 1 aliphatic rings. The number of hydrogen-bond donors (Lipinski definition) is 8. The fourth-order valence-electron chi connectivity index (χ4n) is 5.76. The highest BCUT2D eigenvalue weighted by Crippen LogP contribution is 2.41. The number of carbonyl (C=O) groups excluding carboxylic acids is 2. The second-order valence-electron chi connectivity index (χ2n) is 11.8. The van der Waals surface area contributed by atoms with Crippen LogP contribution in [0.25, 0.3) is 10.8 Å². The lowest BCUT2D eigenvalue weighted by atomic mass is 10.1. The lowest BCUT2D eigenvalue weighted by Crippen LogP contribution is -2.57. The van der Waals surface area contributed by atoms with Gasteiger partial charge < -0.3 is 31.5 Å². The molecule has 5 aromatic rings. The van der Waals surface area contributed by atoms with Crippen molar-refractivity contribution in [2.45, 2.75) is 36.6 Å². The number of aromatic nitrogens is 2. The number of carboxylic acids is 2. The minimum atomic E-state index is -4.92. The van der Waals surface area contributed by atoms with Crippen LogP contribution in [0.5, 0.6) is 0 Å². The summed E-state index contributed by atoms with van der Waals surface area (Å²) in [7, 11) is -4.92. The smallest absolute Gasteiger partial charge is 0.326 e. The molecule has 18 heteroatoms. The number of aliphatic carboxylic acids is 2. The first-order chi connectivity index (χ1) is 25.3. The second-order valence-corrected chi connectivity index (χ2v) is 13.2. The molecule has 1 aromatic heterocycles. The monoisotopic (exact) mass is 740 g/mol. The maximum atomic E-state index is 13.1. The van der Waals surface area contributed by atoms with Crippen LogP contribution in [0.15, 0.2) is 96.0 Å². The van der Waals surface area contributed by atoms with E-state index in [0.717, 1.165) is 0 Å². The number of benzene rings is 4. The summed E-state index contributed by atoms with van der Waals surface area (Å²) in [5.41, 5.74) is 8.17. The van der Waals surface area contributed by atoms with E-state index in [1.54, 1.807) is 48.5 Å². The van der Waals surface area contributed by atoms with Crippen molar-refractivity contribution in [2.24, 2.45) is 5.73 Å². The van der Waals surface area contributed by atoms with E-state index in [0.29, 0.717) is 28.1 Å². The molecule has 0 fully saturated rings. The minimum absolute atomic E-state index is 0.0545. The summed E-state index contributed by atoms with van der Waals surface area (Å²) in [6.07, 6.45) is -0.636. The highest BCUT2D eigenvalue weighted by molar-refractivity contribution is 7.86. The summed E-state index contributed by atoms with van der Waals surface area (Å²) in [4.78, 5) is 57.7. The lowest BCUT2D eigenvalue weighted by molar-refractivity contribution is -0.140. The molecule has 4 aromatic carbocycles. The van der Waals surface area contributed by atoms with Crippen molar-refractivity contribution in [2.75, 3.05) is 15.5 Å². The van der Waals surface area contributed by atoms with Gasteiger partial charge in [-0.3, -0.25) is 29.6 Å². The normalized spacial score (nSPS) is 14.5. The number of anilines is 5. The van der Waals surface area contributed by atoms with Crippen LogP contribution >= 0.6 is 0 Å². The molecule has 1 aliphatic heterocycles. The molecule has 0 spiro atoms. The van der Waals surface area contributed by atoms with Crippen LogP contribution in [0, 0.1) is 0 Å². The number of fused-ring (bicyclic) bond motifs is 2. The van der Waals surface area contributed by atoms with Gasteiger partial charge in [-0.2, -0.15) is 8.42 Å². The lowest BCUT2D eigenvalue weighted by Gasteiger charge is -2.36. The summed E-state index contributed by atoms with van der Waals surface area (Å²) in [6.45, 7) is 0.0577. The van der Waals surface area contributed by atoms with Crippen molar-refractivity contribution < 1.29 is 42.4 Å². The van der Waals surface area contributed by atoms with Gasteiger partial charge >= 0.3 is 11.9 Å². The topological polar surface area (TPSA) is 266 Å². The number of nitrogens with zero attached hydrogens (tertiary/aromatic N) is 3. The highest BCUT2D eigenvalue weighted by Gasteiger charge is 2.36. The molecule has 0 aliphatic carbocycles. The number of nitrogens with two attached hydrogens (primary N) is 1. The van der Waals surface area contributed by atoms with Gasteiger partial charge in [0.15, 0.2) is 17.8 Å². The molecule has 2 amide bonds. The van der Waals surface area contributed by atoms with Crippen LogP contribution in [0.4, 0.5) is 28.6 Å². The van der Waals surface area contributed by atoms with Gasteiger partial charge in [0.25, 0.3) is 21.9 Å². The van der Waals surface area contributed by atoms with Gasteiger partial charge in [-0.1, -0.05) is 36.4 Å². The van der Waals surface area contributed by atoms with E-state index in [2.05, 4.69) is 31.2 Å². The standard InChI is InChI=1S/C35H32N8O9S/c36-35-42-33(47)29-31(38-18-23(40-29)17-37-21-12-9-20(10-13-21)32(46)41-25(34(48)49)14-16-27(44)45)43(35)26-15-11-19-5-4-8-24(28(19)30(26)53(50,51)52)39-22-6-2-1-3-7-22/h1-13,15,18,25,35,37,39H,14,16-17,36H2,(H,41,46)(H,42,47)(H,44,45)(H,48,49)(H,50,51,52). The molecule has 53 heavy (non-hydrogen) atoms. The number of rotatable bonds is 13. The van der Waals surface area contributed by atoms with Crippen molar-refractivity contribution in [3.63, 3.8) is 0 Å². The fraction of sp³-hybridized carbons (Fsp3) is 0.143.